The van der Waals surface area contributed by atoms with Gasteiger partial charge in [-0.25, -0.2) is 28.8 Å². The van der Waals surface area contributed by atoms with Crippen LogP contribution in [-0.2, 0) is 9.47 Å². The molecule has 3 aromatic rings. The van der Waals surface area contributed by atoms with E-state index in [2.05, 4.69) is 9.47 Å². The average molecular weight is 500 g/mol. The summed E-state index contributed by atoms with van der Waals surface area (Å²) >= 11 is 0. The van der Waals surface area contributed by atoms with Crippen LogP contribution >= 0.6 is 0 Å². The lowest BCUT2D eigenvalue weighted by Gasteiger charge is -2.10. The normalized spacial score (nSPS) is 13.4. The van der Waals surface area contributed by atoms with Crippen molar-refractivity contribution in [2.75, 3.05) is 0 Å². The number of ether oxygens (including phenoxy) is 4. The number of fused-ring (bicyclic) bond motifs is 2. The second-order valence-corrected chi connectivity index (χ2v) is 7.90. The molecule has 0 aliphatic carbocycles. The lowest BCUT2D eigenvalue weighted by molar-refractivity contribution is 0.0425. The fourth-order valence-corrected chi connectivity index (χ4v) is 3.65. The van der Waals surface area contributed by atoms with Crippen LogP contribution < -0.4 is 9.47 Å². The van der Waals surface area contributed by atoms with E-state index in [9.17, 15) is 33.6 Å². The minimum Gasteiger partial charge on any atom is -0.423 e. The van der Waals surface area contributed by atoms with Crippen LogP contribution in [0.15, 0.2) is 54.6 Å². The van der Waals surface area contributed by atoms with Crippen LogP contribution in [0.5, 0.6) is 11.5 Å². The van der Waals surface area contributed by atoms with Gasteiger partial charge in [0.2, 0.25) is 0 Å². The zero-order valence-corrected chi connectivity index (χ0v) is 18.7. The summed E-state index contributed by atoms with van der Waals surface area (Å²) in [5, 5.41) is 0. The highest BCUT2D eigenvalue weighted by atomic mass is 16.6. The van der Waals surface area contributed by atoms with Crippen LogP contribution in [0.25, 0.3) is 0 Å². The predicted octanol–water partition coefficient (Wildman–Crippen LogP) is 2.95. The number of hydrogen-bond donors (Lipinski definition) is 0. The molecule has 0 radical (unpaired) electrons. The molecule has 0 aromatic heterocycles. The minimum atomic E-state index is -0.922. The van der Waals surface area contributed by atoms with E-state index in [0.29, 0.717) is 0 Å². The number of esters is 6. The topological polar surface area (TPSA) is 156 Å². The van der Waals surface area contributed by atoms with E-state index in [-0.39, 0.29) is 50.4 Å². The standard InChI is InChI=1S/C26H12O11/c1-11(27)14-6-15(34-21(28)12-2-4-17-19(8-12)25(32)36-23(17)30)10-16(7-14)35-22(29)13-3-5-18-20(9-13)26(33)37-24(18)31/h2-10H,1H3. The third-order valence-corrected chi connectivity index (χ3v) is 5.47. The second kappa shape index (κ2) is 8.64. The van der Waals surface area contributed by atoms with Gasteiger partial charge in [-0.2, -0.15) is 0 Å². The van der Waals surface area contributed by atoms with Gasteiger partial charge >= 0.3 is 35.8 Å². The SMILES string of the molecule is CC(=O)c1cc(OC(=O)c2ccc3c(c2)C(=O)OC3=O)cc(OC(=O)c2ccc3c(c2)C(=O)OC3=O)c1. The van der Waals surface area contributed by atoms with E-state index in [1.165, 1.54) is 49.4 Å². The van der Waals surface area contributed by atoms with Gasteiger partial charge in [0.25, 0.3) is 0 Å². The van der Waals surface area contributed by atoms with Crippen molar-refractivity contribution in [2.45, 2.75) is 6.92 Å². The third kappa shape index (κ3) is 4.25. The fourth-order valence-electron chi connectivity index (χ4n) is 3.65. The zero-order chi connectivity index (χ0) is 26.4. The molecule has 37 heavy (non-hydrogen) atoms. The van der Waals surface area contributed by atoms with E-state index in [0.717, 1.165) is 12.1 Å². The van der Waals surface area contributed by atoms with Gasteiger partial charge in [-0.05, 0) is 55.5 Å². The first kappa shape index (κ1) is 23.3. The number of hydrogen-bond acceptors (Lipinski definition) is 11. The lowest BCUT2D eigenvalue weighted by atomic mass is 10.1. The van der Waals surface area contributed by atoms with E-state index < -0.39 is 41.6 Å². The minimum absolute atomic E-state index is 0.0125. The van der Waals surface area contributed by atoms with Crippen molar-refractivity contribution in [3.05, 3.63) is 93.5 Å². The van der Waals surface area contributed by atoms with Crippen LogP contribution in [0.3, 0.4) is 0 Å². The summed E-state index contributed by atoms with van der Waals surface area (Å²) in [5.41, 5.74) is -0.247. The van der Waals surface area contributed by atoms with Crippen LogP contribution in [0.1, 0.15) is 79.4 Å². The lowest BCUT2D eigenvalue weighted by Crippen LogP contribution is -2.12. The molecule has 0 fully saturated rings. The molecule has 2 heterocycles. The first-order valence-electron chi connectivity index (χ1n) is 10.5. The molecule has 0 atom stereocenters. The average Bonchev–Trinajstić information content (AvgIpc) is 3.31. The molecule has 11 heteroatoms. The van der Waals surface area contributed by atoms with Crippen molar-refractivity contribution in [3.8, 4) is 11.5 Å². The Morgan fingerprint density at radius 1 is 0.541 bits per heavy atom. The molecule has 2 aliphatic rings. The Balaban J connectivity index is 1.40. The molecule has 5 rings (SSSR count). The molecule has 0 unspecified atom stereocenters. The Morgan fingerprint density at radius 3 is 1.35 bits per heavy atom. The smallest absolute Gasteiger partial charge is 0.346 e. The van der Waals surface area contributed by atoms with Gasteiger partial charge in [-0.3, -0.25) is 4.79 Å². The second-order valence-electron chi connectivity index (χ2n) is 7.90. The van der Waals surface area contributed by atoms with Crippen molar-refractivity contribution in [2.24, 2.45) is 0 Å². The van der Waals surface area contributed by atoms with Gasteiger partial charge < -0.3 is 18.9 Å². The first-order valence-corrected chi connectivity index (χ1v) is 10.5. The third-order valence-electron chi connectivity index (χ3n) is 5.47. The van der Waals surface area contributed by atoms with Gasteiger partial charge in [0.1, 0.15) is 11.5 Å². The number of carbonyl (C=O) groups excluding carboxylic acids is 7. The summed E-state index contributed by atoms with van der Waals surface area (Å²) in [6.07, 6.45) is 0. The molecule has 0 bridgehead atoms. The van der Waals surface area contributed by atoms with Crippen LogP contribution in [0, 0.1) is 0 Å². The summed E-state index contributed by atoms with van der Waals surface area (Å²) in [5.74, 6) is -6.01. The molecule has 0 saturated carbocycles. The summed E-state index contributed by atoms with van der Waals surface area (Å²) < 4.78 is 19.6. The molecule has 0 amide bonds. The predicted molar refractivity (Wildman–Crippen MR) is 119 cm³/mol. The maximum Gasteiger partial charge on any atom is 0.346 e. The molecule has 0 spiro atoms. The maximum atomic E-state index is 12.7. The largest absolute Gasteiger partial charge is 0.423 e. The summed E-state index contributed by atoms with van der Waals surface area (Å²) in [4.78, 5) is 84.1. The molecule has 182 valence electrons. The molecule has 2 aliphatic heterocycles. The van der Waals surface area contributed by atoms with E-state index in [1.54, 1.807) is 0 Å². The van der Waals surface area contributed by atoms with Gasteiger partial charge in [0, 0.05) is 11.6 Å². The van der Waals surface area contributed by atoms with Crippen molar-refractivity contribution in [1.82, 2.24) is 0 Å². The van der Waals surface area contributed by atoms with E-state index in [1.807, 2.05) is 0 Å². The number of Topliss-reactive ketones (excluding diaryl/α,β-unsaturated/α-hetero) is 1. The monoisotopic (exact) mass is 500 g/mol. The van der Waals surface area contributed by atoms with Gasteiger partial charge in [0.05, 0.1) is 33.4 Å². The Bertz CT molecular complexity index is 1500. The molecular weight excluding hydrogens is 488 g/mol. The quantitative estimate of drug-likeness (QED) is 0.220. The van der Waals surface area contributed by atoms with Crippen molar-refractivity contribution in [3.63, 3.8) is 0 Å². The van der Waals surface area contributed by atoms with Crippen LogP contribution in [-0.4, -0.2) is 41.6 Å². The van der Waals surface area contributed by atoms with Crippen molar-refractivity contribution < 1.29 is 52.5 Å². The van der Waals surface area contributed by atoms with Crippen LogP contribution in [0.2, 0.25) is 0 Å². The fraction of sp³-hybridized carbons (Fsp3) is 0.0385. The molecule has 11 nitrogen and oxygen atoms in total. The van der Waals surface area contributed by atoms with E-state index in [4.69, 9.17) is 9.47 Å². The van der Waals surface area contributed by atoms with Crippen molar-refractivity contribution >= 4 is 41.6 Å². The number of ketones is 1. The number of carbonyl (C=O) groups is 7. The number of benzene rings is 3. The summed E-state index contributed by atoms with van der Waals surface area (Å²) in [7, 11) is 0. The van der Waals surface area contributed by atoms with Crippen molar-refractivity contribution in [1.29, 1.82) is 0 Å². The summed E-state index contributed by atoms with van der Waals surface area (Å²) in [6, 6.07) is 11.0. The first-order chi connectivity index (χ1) is 17.6. The van der Waals surface area contributed by atoms with Gasteiger partial charge in [-0.15, -0.1) is 0 Å². The Kier molecular flexibility index (Phi) is 5.44. The molecule has 0 N–H and O–H groups in total. The summed E-state index contributed by atoms with van der Waals surface area (Å²) in [6.45, 7) is 1.25. The highest BCUT2D eigenvalue weighted by Gasteiger charge is 2.32. The number of rotatable bonds is 5. The van der Waals surface area contributed by atoms with Gasteiger partial charge in [-0.1, -0.05) is 0 Å². The van der Waals surface area contributed by atoms with Crippen LogP contribution in [0.4, 0.5) is 0 Å². The Hall–Kier alpha value is -5.45. The zero-order valence-electron chi connectivity index (χ0n) is 18.7. The molecule has 0 saturated heterocycles. The number of cyclic esters (lactones) is 4. The van der Waals surface area contributed by atoms with E-state index >= 15 is 0 Å². The Labute approximate surface area is 206 Å². The van der Waals surface area contributed by atoms with Gasteiger partial charge in [0.15, 0.2) is 5.78 Å². The highest BCUT2D eigenvalue weighted by molar-refractivity contribution is 6.16. The highest BCUT2D eigenvalue weighted by Crippen LogP contribution is 2.27. The maximum absolute atomic E-state index is 12.7. The molecular formula is C26H12O11. The molecule has 3 aromatic carbocycles. The Morgan fingerprint density at radius 2 is 0.946 bits per heavy atom.